The Morgan fingerprint density at radius 1 is 1.06 bits per heavy atom. The number of hydrogen-bond acceptors (Lipinski definition) is 4. The highest BCUT2D eigenvalue weighted by Crippen LogP contribution is 2.52. The van der Waals surface area contributed by atoms with Crippen LogP contribution in [0.3, 0.4) is 0 Å². The van der Waals surface area contributed by atoms with Crippen LogP contribution in [0, 0.1) is 23.7 Å². The standard InChI is InChI=1S/C27H34NO4P/c1-22(2)23(3)21-28(20-12-19-27(29)24-13-10-11-14-24)33(30,31-25-15-6-4-7-16-25)32-26-17-8-5-9-18-26/h4-9,15-18,22,24,27,29H,3,10-11,13-14,20-21H2,1-2H3. The number of benzene rings is 2. The Bertz CT molecular complexity index is 946. The number of hydrogen-bond donors (Lipinski definition) is 1. The quantitative estimate of drug-likeness (QED) is 0.252. The third-order valence-corrected chi connectivity index (χ3v) is 7.69. The molecule has 1 N–H and O–H groups in total. The summed E-state index contributed by atoms with van der Waals surface area (Å²) in [7, 11) is -3.86. The van der Waals surface area contributed by atoms with Crippen molar-refractivity contribution in [3.8, 4) is 23.3 Å². The van der Waals surface area contributed by atoms with E-state index in [0.717, 1.165) is 31.3 Å². The zero-order valence-electron chi connectivity index (χ0n) is 19.5. The van der Waals surface area contributed by atoms with Crippen LogP contribution in [0.25, 0.3) is 0 Å². The third kappa shape index (κ3) is 7.51. The first-order valence-corrected chi connectivity index (χ1v) is 13.1. The molecule has 1 aliphatic rings. The lowest BCUT2D eigenvalue weighted by Crippen LogP contribution is -2.29. The van der Waals surface area contributed by atoms with Crippen LogP contribution in [-0.2, 0) is 4.57 Å². The number of aliphatic hydroxyl groups excluding tert-OH is 1. The molecular formula is C27H34NO4P. The van der Waals surface area contributed by atoms with Gasteiger partial charge in [-0.2, -0.15) is 4.67 Å². The van der Waals surface area contributed by atoms with Gasteiger partial charge < -0.3 is 14.2 Å². The molecule has 3 rings (SSSR count). The molecule has 1 saturated carbocycles. The summed E-state index contributed by atoms with van der Waals surface area (Å²) in [5.74, 6) is 7.28. The van der Waals surface area contributed by atoms with Crippen molar-refractivity contribution in [2.45, 2.75) is 45.6 Å². The van der Waals surface area contributed by atoms with E-state index in [4.69, 9.17) is 9.05 Å². The Morgan fingerprint density at radius 2 is 1.58 bits per heavy atom. The largest absolute Gasteiger partial charge is 0.516 e. The van der Waals surface area contributed by atoms with E-state index in [-0.39, 0.29) is 18.4 Å². The topological polar surface area (TPSA) is 59.0 Å². The van der Waals surface area contributed by atoms with Gasteiger partial charge in [0.05, 0.1) is 6.54 Å². The van der Waals surface area contributed by atoms with Crippen LogP contribution >= 0.6 is 7.75 Å². The van der Waals surface area contributed by atoms with Crippen molar-refractivity contribution in [1.82, 2.24) is 4.67 Å². The molecule has 1 aliphatic carbocycles. The maximum absolute atomic E-state index is 14.3. The molecule has 0 amide bonds. The van der Waals surface area contributed by atoms with Gasteiger partial charge in [0.25, 0.3) is 0 Å². The van der Waals surface area contributed by atoms with Crippen molar-refractivity contribution in [3.63, 3.8) is 0 Å². The Balaban J connectivity index is 1.89. The van der Waals surface area contributed by atoms with Crippen LogP contribution in [0.5, 0.6) is 11.5 Å². The highest BCUT2D eigenvalue weighted by Gasteiger charge is 2.37. The Hall–Kier alpha value is -2.51. The molecule has 6 heteroatoms. The first-order valence-electron chi connectivity index (χ1n) is 11.6. The van der Waals surface area contributed by atoms with Gasteiger partial charge in [-0.1, -0.05) is 87.1 Å². The van der Waals surface area contributed by atoms with Gasteiger partial charge in [-0.25, -0.2) is 4.57 Å². The van der Waals surface area contributed by atoms with Crippen molar-refractivity contribution < 1.29 is 18.7 Å². The second kappa shape index (κ2) is 12.1. The normalized spacial score (nSPS) is 15.2. The summed E-state index contributed by atoms with van der Waals surface area (Å²) < 4.78 is 27.8. The van der Waals surface area contributed by atoms with E-state index in [1.54, 1.807) is 28.9 Å². The molecule has 1 unspecified atom stereocenters. The van der Waals surface area contributed by atoms with E-state index < -0.39 is 13.9 Å². The van der Waals surface area contributed by atoms with E-state index >= 15 is 0 Å². The molecule has 176 valence electrons. The molecule has 2 aromatic rings. The molecule has 1 fully saturated rings. The average Bonchev–Trinajstić information content (AvgIpc) is 3.34. The molecule has 0 aliphatic heterocycles. The summed E-state index contributed by atoms with van der Waals surface area (Å²) in [6, 6.07) is 18.0. The predicted molar refractivity (Wildman–Crippen MR) is 133 cm³/mol. The van der Waals surface area contributed by atoms with Crippen LogP contribution < -0.4 is 9.05 Å². The fraction of sp³-hybridized carbons (Fsp3) is 0.407. The molecule has 0 radical (unpaired) electrons. The summed E-state index contributed by atoms with van der Waals surface area (Å²) in [6.45, 7) is 8.65. The zero-order valence-corrected chi connectivity index (χ0v) is 20.4. The van der Waals surface area contributed by atoms with Crippen LogP contribution in [0.4, 0.5) is 0 Å². The van der Waals surface area contributed by atoms with E-state index in [0.29, 0.717) is 18.0 Å². The van der Waals surface area contributed by atoms with E-state index in [1.807, 2.05) is 50.2 Å². The van der Waals surface area contributed by atoms with Gasteiger partial charge >= 0.3 is 7.75 Å². The van der Waals surface area contributed by atoms with E-state index in [2.05, 4.69) is 18.4 Å². The van der Waals surface area contributed by atoms with Gasteiger partial charge in [-0.3, -0.25) is 0 Å². The third-order valence-electron chi connectivity index (χ3n) is 5.83. The lowest BCUT2D eigenvalue weighted by molar-refractivity contribution is 0.164. The van der Waals surface area contributed by atoms with Crippen molar-refractivity contribution in [3.05, 3.63) is 72.8 Å². The van der Waals surface area contributed by atoms with Crippen molar-refractivity contribution >= 4 is 7.75 Å². The summed E-state index contributed by atoms with van der Waals surface area (Å²) in [5.41, 5.74) is 0.890. The first kappa shape index (κ1) is 25.1. The molecule has 5 nitrogen and oxygen atoms in total. The molecule has 0 heterocycles. The van der Waals surface area contributed by atoms with Crippen LogP contribution in [-0.4, -0.2) is 29.0 Å². The number of rotatable bonds is 10. The van der Waals surface area contributed by atoms with Crippen molar-refractivity contribution in [2.75, 3.05) is 13.1 Å². The van der Waals surface area contributed by atoms with Gasteiger partial charge in [0.1, 0.15) is 17.6 Å². The molecule has 0 bridgehead atoms. The Morgan fingerprint density at radius 3 is 2.06 bits per heavy atom. The highest BCUT2D eigenvalue weighted by molar-refractivity contribution is 7.52. The average molecular weight is 468 g/mol. The fourth-order valence-corrected chi connectivity index (χ4v) is 5.29. The minimum Gasteiger partial charge on any atom is -0.404 e. The van der Waals surface area contributed by atoms with Crippen LogP contribution in [0.1, 0.15) is 39.5 Å². The predicted octanol–water partition coefficient (Wildman–Crippen LogP) is 6.32. The van der Waals surface area contributed by atoms with Crippen molar-refractivity contribution in [2.24, 2.45) is 11.8 Å². The maximum atomic E-state index is 14.3. The molecule has 2 aromatic carbocycles. The van der Waals surface area contributed by atoms with E-state index in [1.165, 1.54) is 0 Å². The molecule has 0 spiro atoms. The van der Waals surface area contributed by atoms with Gasteiger partial charge in [0, 0.05) is 6.54 Å². The van der Waals surface area contributed by atoms with Crippen molar-refractivity contribution in [1.29, 1.82) is 0 Å². The molecular weight excluding hydrogens is 433 g/mol. The summed E-state index contributed by atoms with van der Waals surface area (Å²) in [6.07, 6.45) is 3.59. The number of nitrogens with zero attached hydrogens (tertiary/aromatic N) is 1. The summed E-state index contributed by atoms with van der Waals surface area (Å²) in [5, 5.41) is 10.5. The minimum atomic E-state index is -3.86. The van der Waals surface area contributed by atoms with Crippen LogP contribution in [0.15, 0.2) is 72.8 Å². The lowest BCUT2D eigenvalue weighted by Gasteiger charge is -2.30. The van der Waals surface area contributed by atoms with E-state index in [9.17, 15) is 9.67 Å². The van der Waals surface area contributed by atoms with Crippen LogP contribution in [0.2, 0.25) is 0 Å². The van der Waals surface area contributed by atoms with Gasteiger partial charge in [-0.15, -0.1) is 0 Å². The molecule has 0 aromatic heterocycles. The fourth-order valence-electron chi connectivity index (χ4n) is 3.64. The summed E-state index contributed by atoms with van der Waals surface area (Å²) >= 11 is 0. The maximum Gasteiger partial charge on any atom is 0.516 e. The highest BCUT2D eigenvalue weighted by atomic mass is 31.2. The SMILES string of the molecule is C=C(CN(CC#CC(O)C1CCCC1)P(=O)(Oc1ccccc1)Oc1ccccc1)C(C)C. The molecule has 0 saturated heterocycles. The number of para-hydroxylation sites is 2. The Labute approximate surface area is 198 Å². The summed E-state index contributed by atoms with van der Waals surface area (Å²) in [4.78, 5) is 0. The Kier molecular flexibility index (Phi) is 9.21. The van der Waals surface area contributed by atoms with Gasteiger partial charge in [0.2, 0.25) is 0 Å². The first-order chi connectivity index (χ1) is 15.9. The minimum absolute atomic E-state index is 0.118. The lowest BCUT2D eigenvalue weighted by atomic mass is 10.0. The second-order valence-electron chi connectivity index (χ2n) is 8.72. The number of aliphatic hydroxyl groups is 1. The second-order valence-corrected chi connectivity index (χ2v) is 10.6. The molecule has 1 atom stereocenters. The smallest absolute Gasteiger partial charge is 0.404 e. The monoisotopic (exact) mass is 467 g/mol. The van der Waals surface area contributed by atoms with Gasteiger partial charge in [0.15, 0.2) is 0 Å². The molecule has 33 heavy (non-hydrogen) atoms. The zero-order chi connectivity index (χ0) is 23.7. The van der Waals surface area contributed by atoms with Gasteiger partial charge in [-0.05, 0) is 48.9 Å².